The van der Waals surface area contributed by atoms with E-state index in [1.807, 2.05) is 30.3 Å². The molecule has 1 aliphatic heterocycles. The topological polar surface area (TPSA) is 50.8 Å². The average Bonchev–Trinajstić information content (AvgIpc) is 2.74. The van der Waals surface area contributed by atoms with Crippen LogP contribution in [0.1, 0.15) is 41.3 Å². The number of nitrogens with one attached hydrogen (secondary N) is 1. The molecule has 1 saturated heterocycles. The van der Waals surface area contributed by atoms with Crippen molar-refractivity contribution in [1.29, 1.82) is 0 Å². The van der Waals surface area contributed by atoms with E-state index in [2.05, 4.69) is 35.3 Å². The molecule has 28 heavy (non-hydrogen) atoms. The van der Waals surface area contributed by atoms with Crippen LogP contribution in [-0.4, -0.2) is 43.7 Å². The van der Waals surface area contributed by atoms with Gasteiger partial charge in [-0.05, 0) is 41.8 Å². The molecule has 5 heteroatoms. The van der Waals surface area contributed by atoms with Gasteiger partial charge in [-0.1, -0.05) is 37.6 Å². The number of hydrogen-bond acceptors (Lipinski definition) is 4. The van der Waals surface area contributed by atoms with Crippen molar-refractivity contribution in [3.05, 3.63) is 65.2 Å². The SMILES string of the molecule is CCCCOc1ccc(C(=O)NCc2ccccc2CN2CCOCC2)cc1. The van der Waals surface area contributed by atoms with E-state index >= 15 is 0 Å². The molecular formula is C23H30N2O3. The quantitative estimate of drug-likeness (QED) is 0.673. The minimum absolute atomic E-state index is 0.0683. The van der Waals surface area contributed by atoms with Gasteiger partial charge in [-0.25, -0.2) is 0 Å². The Balaban J connectivity index is 1.54. The van der Waals surface area contributed by atoms with E-state index in [0.29, 0.717) is 18.7 Å². The number of ether oxygens (including phenoxy) is 2. The average molecular weight is 383 g/mol. The van der Waals surface area contributed by atoms with Gasteiger partial charge in [-0.2, -0.15) is 0 Å². The molecule has 1 fully saturated rings. The van der Waals surface area contributed by atoms with Crippen molar-refractivity contribution in [2.45, 2.75) is 32.9 Å². The van der Waals surface area contributed by atoms with Crippen LogP contribution in [0.3, 0.4) is 0 Å². The van der Waals surface area contributed by atoms with Gasteiger partial charge in [0.05, 0.1) is 19.8 Å². The highest BCUT2D eigenvalue weighted by Crippen LogP contribution is 2.15. The zero-order valence-electron chi connectivity index (χ0n) is 16.7. The Kier molecular flexibility index (Phi) is 7.88. The van der Waals surface area contributed by atoms with Crippen LogP contribution in [0.25, 0.3) is 0 Å². The molecule has 2 aromatic carbocycles. The number of carbonyl (C=O) groups excluding carboxylic acids is 1. The molecule has 0 unspecified atom stereocenters. The van der Waals surface area contributed by atoms with E-state index in [9.17, 15) is 4.79 Å². The molecule has 3 rings (SSSR count). The molecule has 1 amide bonds. The Hall–Kier alpha value is -2.37. The molecular weight excluding hydrogens is 352 g/mol. The highest BCUT2D eigenvalue weighted by Gasteiger charge is 2.13. The molecule has 0 aromatic heterocycles. The molecule has 150 valence electrons. The number of hydrogen-bond donors (Lipinski definition) is 1. The van der Waals surface area contributed by atoms with Crippen molar-refractivity contribution in [1.82, 2.24) is 10.2 Å². The second kappa shape index (κ2) is 10.8. The van der Waals surface area contributed by atoms with Crippen molar-refractivity contribution < 1.29 is 14.3 Å². The summed E-state index contributed by atoms with van der Waals surface area (Å²) < 4.78 is 11.1. The summed E-state index contributed by atoms with van der Waals surface area (Å²) in [5.74, 6) is 0.738. The van der Waals surface area contributed by atoms with Gasteiger partial charge in [0.25, 0.3) is 5.91 Å². The van der Waals surface area contributed by atoms with E-state index < -0.39 is 0 Å². The first kappa shape index (κ1) is 20.4. The maximum absolute atomic E-state index is 12.5. The monoisotopic (exact) mass is 382 g/mol. The number of unbranched alkanes of at least 4 members (excludes halogenated alkanes) is 1. The largest absolute Gasteiger partial charge is 0.494 e. The lowest BCUT2D eigenvalue weighted by molar-refractivity contribution is 0.0340. The third kappa shape index (κ3) is 6.08. The maximum Gasteiger partial charge on any atom is 0.251 e. The Labute approximate surface area is 167 Å². The third-order valence-corrected chi connectivity index (χ3v) is 4.94. The summed E-state index contributed by atoms with van der Waals surface area (Å²) >= 11 is 0. The Morgan fingerprint density at radius 3 is 2.50 bits per heavy atom. The van der Waals surface area contributed by atoms with Gasteiger partial charge in [0.2, 0.25) is 0 Å². The lowest BCUT2D eigenvalue weighted by Gasteiger charge is -2.27. The summed E-state index contributed by atoms with van der Waals surface area (Å²) in [7, 11) is 0. The standard InChI is InChI=1S/C23H30N2O3/c1-2-3-14-28-22-10-8-19(9-11-22)23(26)24-17-20-6-4-5-7-21(20)18-25-12-15-27-16-13-25/h4-11H,2-3,12-18H2,1H3,(H,24,26). The summed E-state index contributed by atoms with van der Waals surface area (Å²) in [5, 5.41) is 3.04. The predicted molar refractivity (Wildman–Crippen MR) is 111 cm³/mol. The molecule has 0 aliphatic carbocycles. The van der Waals surface area contributed by atoms with Crippen molar-refractivity contribution in [2.24, 2.45) is 0 Å². The van der Waals surface area contributed by atoms with Crippen molar-refractivity contribution in [3.8, 4) is 5.75 Å². The van der Waals surface area contributed by atoms with Crippen LogP contribution in [0, 0.1) is 0 Å². The fourth-order valence-electron chi connectivity index (χ4n) is 3.20. The predicted octanol–water partition coefficient (Wildman–Crippen LogP) is 3.63. The molecule has 1 heterocycles. The highest BCUT2D eigenvalue weighted by molar-refractivity contribution is 5.94. The molecule has 0 saturated carbocycles. The van der Waals surface area contributed by atoms with Crippen molar-refractivity contribution in [3.63, 3.8) is 0 Å². The van der Waals surface area contributed by atoms with Crippen LogP contribution in [0.2, 0.25) is 0 Å². The first-order valence-electron chi connectivity index (χ1n) is 10.1. The molecule has 1 aliphatic rings. The summed E-state index contributed by atoms with van der Waals surface area (Å²) in [5.41, 5.74) is 3.06. The van der Waals surface area contributed by atoms with Gasteiger partial charge in [-0.15, -0.1) is 0 Å². The molecule has 0 radical (unpaired) electrons. The summed E-state index contributed by atoms with van der Waals surface area (Å²) in [6, 6.07) is 15.6. The number of amides is 1. The van der Waals surface area contributed by atoms with E-state index in [1.165, 1.54) is 5.56 Å². The minimum atomic E-state index is -0.0683. The zero-order valence-corrected chi connectivity index (χ0v) is 16.7. The fourth-order valence-corrected chi connectivity index (χ4v) is 3.20. The molecule has 2 aromatic rings. The smallest absolute Gasteiger partial charge is 0.251 e. The lowest BCUT2D eigenvalue weighted by atomic mass is 10.1. The summed E-state index contributed by atoms with van der Waals surface area (Å²) in [4.78, 5) is 14.9. The first-order chi connectivity index (χ1) is 13.8. The van der Waals surface area contributed by atoms with Crippen molar-refractivity contribution in [2.75, 3.05) is 32.9 Å². The highest BCUT2D eigenvalue weighted by atomic mass is 16.5. The van der Waals surface area contributed by atoms with Crippen LogP contribution < -0.4 is 10.1 Å². The van der Waals surface area contributed by atoms with Crippen LogP contribution in [0.5, 0.6) is 5.75 Å². The number of morpholine rings is 1. The first-order valence-corrected chi connectivity index (χ1v) is 10.1. The van der Waals surface area contributed by atoms with E-state index in [1.54, 1.807) is 0 Å². The zero-order chi connectivity index (χ0) is 19.6. The lowest BCUT2D eigenvalue weighted by Crippen LogP contribution is -2.36. The second-order valence-corrected chi connectivity index (χ2v) is 7.07. The van der Waals surface area contributed by atoms with Crippen LogP contribution in [0.15, 0.2) is 48.5 Å². The minimum Gasteiger partial charge on any atom is -0.494 e. The number of carbonyl (C=O) groups is 1. The van der Waals surface area contributed by atoms with Gasteiger partial charge >= 0.3 is 0 Å². The molecule has 5 nitrogen and oxygen atoms in total. The Morgan fingerprint density at radius 1 is 1.07 bits per heavy atom. The van der Waals surface area contributed by atoms with E-state index in [4.69, 9.17) is 9.47 Å². The molecule has 0 bridgehead atoms. The van der Waals surface area contributed by atoms with E-state index in [0.717, 1.165) is 57.0 Å². The third-order valence-electron chi connectivity index (χ3n) is 4.94. The number of benzene rings is 2. The van der Waals surface area contributed by atoms with Gasteiger partial charge in [-0.3, -0.25) is 9.69 Å². The van der Waals surface area contributed by atoms with Gasteiger partial charge in [0.15, 0.2) is 0 Å². The fraction of sp³-hybridized carbons (Fsp3) is 0.435. The normalized spacial score (nSPS) is 14.6. The second-order valence-electron chi connectivity index (χ2n) is 7.07. The summed E-state index contributed by atoms with van der Waals surface area (Å²) in [6.07, 6.45) is 2.14. The van der Waals surface area contributed by atoms with Crippen LogP contribution in [-0.2, 0) is 17.8 Å². The molecule has 0 atom stereocenters. The van der Waals surface area contributed by atoms with Gasteiger partial charge < -0.3 is 14.8 Å². The van der Waals surface area contributed by atoms with E-state index in [-0.39, 0.29) is 5.91 Å². The number of rotatable bonds is 9. The van der Waals surface area contributed by atoms with Gasteiger partial charge in [0.1, 0.15) is 5.75 Å². The summed E-state index contributed by atoms with van der Waals surface area (Å²) in [6.45, 7) is 7.74. The molecule has 1 N–H and O–H groups in total. The Bertz CT molecular complexity index is 740. The number of nitrogens with zero attached hydrogens (tertiary/aromatic N) is 1. The van der Waals surface area contributed by atoms with Crippen molar-refractivity contribution >= 4 is 5.91 Å². The Morgan fingerprint density at radius 2 is 1.79 bits per heavy atom. The van der Waals surface area contributed by atoms with Gasteiger partial charge in [0, 0.05) is 31.7 Å². The van der Waals surface area contributed by atoms with Crippen LogP contribution in [0.4, 0.5) is 0 Å². The van der Waals surface area contributed by atoms with Crippen LogP contribution >= 0.6 is 0 Å². The maximum atomic E-state index is 12.5. The molecule has 0 spiro atoms.